The maximum Gasteiger partial charge on any atom is 0.319 e. The Kier molecular flexibility index (Phi) is 6.32. The lowest BCUT2D eigenvalue weighted by Gasteiger charge is -2.30. The summed E-state index contributed by atoms with van der Waals surface area (Å²) in [4.78, 5) is 40.1. The number of piperidine rings is 1. The summed E-state index contributed by atoms with van der Waals surface area (Å²) in [5, 5.41) is 5.28. The maximum absolute atomic E-state index is 12.5. The van der Waals surface area contributed by atoms with Crippen molar-refractivity contribution in [1.29, 1.82) is 0 Å². The molecule has 0 spiro atoms. The number of benzene rings is 1. The molecule has 0 bridgehead atoms. The van der Waals surface area contributed by atoms with Crippen LogP contribution in [0.15, 0.2) is 24.3 Å². The van der Waals surface area contributed by atoms with Crippen LogP contribution in [-0.2, 0) is 4.79 Å². The Morgan fingerprint density at radius 3 is 2.22 bits per heavy atom. The SMILES string of the molecule is CC1CCN(C(=O)c2ccc(NC(=O)NCC(=O)N3CCCC3)cc2)CC1. The third-order valence-electron chi connectivity index (χ3n) is 5.32. The van der Waals surface area contributed by atoms with E-state index in [2.05, 4.69) is 17.6 Å². The molecule has 0 saturated carbocycles. The number of urea groups is 1. The van der Waals surface area contributed by atoms with Crippen molar-refractivity contribution >= 4 is 23.5 Å². The number of amides is 4. The molecule has 0 aliphatic carbocycles. The van der Waals surface area contributed by atoms with E-state index in [0.717, 1.165) is 51.9 Å². The van der Waals surface area contributed by atoms with Crippen LogP contribution in [0.3, 0.4) is 0 Å². The maximum atomic E-state index is 12.5. The quantitative estimate of drug-likeness (QED) is 0.851. The van der Waals surface area contributed by atoms with Crippen LogP contribution in [0.25, 0.3) is 0 Å². The summed E-state index contributed by atoms with van der Waals surface area (Å²) in [6.07, 6.45) is 4.14. The van der Waals surface area contributed by atoms with Crippen molar-refractivity contribution in [3.63, 3.8) is 0 Å². The Morgan fingerprint density at radius 1 is 0.963 bits per heavy atom. The molecule has 1 aromatic rings. The molecule has 2 N–H and O–H groups in total. The van der Waals surface area contributed by atoms with Crippen LogP contribution < -0.4 is 10.6 Å². The Bertz CT molecular complexity index is 675. The van der Waals surface area contributed by atoms with Gasteiger partial charge in [-0.1, -0.05) is 6.92 Å². The third kappa shape index (κ3) is 5.21. The van der Waals surface area contributed by atoms with Gasteiger partial charge in [-0.05, 0) is 55.9 Å². The van der Waals surface area contributed by atoms with E-state index in [9.17, 15) is 14.4 Å². The molecule has 7 nitrogen and oxygen atoms in total. The third-order valence-corrected chi connectivity index (χ3v) is 5.32. The molecule has 7 heteroatoms. The van der Waals surface area contributed by atoms with Gasteiger partial charge in [-0.25, -0.2) is 4.79 Å². The Hall–Kier alpha value is -2.57. The number of rotatable bonds is 4. The minimum absolute atomic E-state index is 0.00418. The van der Waals surface area contributed by atoms with Crippen molar-refractivity contribution in [1.82, 2.24) is 15.1 Å². The number of nitrogens with zero attached hydrogens (tertiary/aromatic N) is 2. The van der Waals surface area contributed by atoms with E-state index in [1.165, 1.54) is 0 Å². The second-order valence-corrected chi connectivity index (χ2v) is 7.45. The predicted octanol–water partition coefficient (Wildman–Crippen LogP) is 2.30. The molecular formula is C20H28N4O3. The summed E-state index contributed by atoms with van der Waals surface area (Å²) in [5.41, 5.74) is 1.21. The van der Waals surface area contributed by atoms with Crippen LogP contribution in [0.5, 0.6) is 0 Å². The number of likely N-dealkylation sites (tertiary alicyclic amines) is 2. The van der Waals surface area contributed by atoms with E-state index in [-0.39, 0.29) is 18.4 Å². The van der Waals surface area contributed by atoms with Gasteiger partial charge in [-0.2, -0.15) is 0 Å². The predicted molar refractivity (Wildman–Crippen MR) is 104 cm³/mol. The zero-order chi connectivity index (χ0) is 19.2. The van der Waals surface area contributed by atoms with Crippen LogP contribution in [-0.4, -0.2) is 60.4 Å². The first-order chi connectivity index (χ1) is 13.0. The molecule has 0 aromatic heterocycles. The molecular weight excluding hydrogens is 344 g/mol. The van der Waals surface area contributed by atoms with Crippen molar-refractivity contribution in [2.24, 2.45) is 5.92 Å². The van der Waals surface area contributed by atoms with Crippen molar-refractivity contribution in [3.05, 3.63) is 29.8 Å². The van der Waals surface area contributed by atoms with Gasteiger partial charge in [0.15, 0.2) is 0 Å². The Labute approximate surface area is 160 Å². The van der Waals surface area contributed by atoms with E-state index in [1.54, 1.807) is 29.2 Å². The zero-order valence-electron chi connectivity index (χ0n) is 15.9. The molecule has 0 radical (unpaired) electrons. The first-order valence-corrected chi connectivity index (χ1v) is 9.75. The van der Waals surface area contributed by atoms with E-state index < -0.39 is 6.03 Å². The van der Waals surface area contributed by atoms with Gasteiger partial charge in [0.1, 0.15) is 0 Å². The highest BCUT2D eigenvalue weighted by Gasteiger charge is 2.21. The van der Waals surface area contributed by atoms with Gasteiger partial charge in [-0.15, -0.1) is 0 Å². The van der Waals surface area contributed by atoms with Gasteiger partial charge in [0, 0.05) is 37.4 Å². The summed E-state index contributed by atoms with van der Waals surface area (Å²) in [5.74, 6) is 0.657. The minimum Gasteiger partial charge on any atom is -0.341 e. The van der Waals surface area contributed by atoms with Gasteiger partial charge < -0.3 is 20.4 Å². The van der Waals surface area contributed by atoms with Crippen LogP contribution >= 0.6 is 0 Å². The van der Waals surface area contributed by atoms with E-state index in [4.69, 9.17) is 0 Å². The van der Waals surface area contributed by atoms with Crippen molar-refractivity contribution < 1.29 is 14.4 Å². The molecule has 2 fully saturated rings. The molecule has 0 atom stereocenters. The van der Waals surface area contributed by atoms with Gasteiger partial charge in [0.2, 0.25) is 5.91 Å². The molecule has 146 valence electrons. The zero-order valence-corrected chi connectivity index (χ0v) is 15.9. The summed E-state index contributed by atoms with van der Waals surface area (Å²) in [7, 11) is 0. The summed E-state index contributed by atoms with van der Waals surface area (Å²) in [6, 6.07) is 6.45. The molecule has 4 amide bonds. The van der Waals surface area contributed by atoms with E-state index in [1.807, 2.05) is 4.90 Å². The molecule has 2 saturated heterocycles. The normalized spacial score (nSPS) is 17.7. The van der Waals surface area contributed by atoms with E-state index in [0.29, 0.717) is 17.2 Å². The van der Waals surface area contributed by atoms with E-state index >= 15 is 0 Å². The second-order valence-electron chi connectivity index (χ2n) is 7.45. The number of hydrogen-bond donors (Lipinski definition) is 2. The monoisotopic (exact) mass is 372 g/mol. The van der Waals surface area contributed by atoms with Crippen molar-refractivity contribution in [3.8, 4) is 0 Å². The number of carbonyl (C=O) groups is 3. The second kappa shape index (κ2) is 8.88. The summed E-state index contributed by atoms with van der Waals surface area (Å²) < 4.78 is 0. The average molecular weight is 372 g/mol. The molecule has 1 aromatic carbocycles. The van der Waals surface area contributed by atoms with Crippen LogP contribution in [0, 0.1) is 5.92 Å². The largest absolute Gasteiger partial charge is 0.341 e. The highest BCUT2D eigenvalue weighted by Crippen LogP contribution is 2.19. The van der Waals surface area contributed by atoms with Gasteiger partial charge in [-0.3, -0.25) is 9.59 Å². The average Bonchev–Trinajstić information content (AvgIpc) is 3.22. The summed E-state index contributed by atoms with van der Waals surface area (Å²) >= 11 is 0. The van der Waals surface area contributed by atoms with Crippen LogP contribution in [0.4, 0.5) is 10.5 Å². The van der Waals surface area contributed by atoms with Crippen molar-refractivity contribution in [2.75, 3.05) is 38.0 Å². The van der Waals surface area contributed by atoms with Gasteiger partial charge in [0.25, 0.3) is 5.91 Å². The van der Waals surface area contributed by atoms with Crippen LogP contribution in [0.2, 0.25) is 0 Å². The first kappa shape index (κ1) is 19.2. The van der Waals surface area contributed by atoms with Crippen molar-refractivity contribution in [2.45, 2.75) is 32.6 Å². The van der Waals surface area contributed by atoms with Gasteiger partial charge >= 0.3 is 6.03 Å². The summed E-state index contributed by atoms with van der Waals surface area (Å²) in [6.45, 7) is 5.35. The smallest absolute Gasteiger partial charge is 0.319 e. The van der Waals surface area contributed by atoms with Crippen LogP contribution in [0.1, 0.15) is 43.0 Å². The Balaban J connectivity index is 1.46. The van der Waals surface area contributed by atoms with Gasteiger partial charge in [0.05, 0.1) is 6.54 Å². The molecule has 2 aliphatic heterocycles. The molecule has 2 heterocycles. The highest BCUT2D eigenvalue weighted by molar-refractivity contribution is 5.96. The first-order valence-electron chi connectivity index (χ1n) is 9.75. The topological polar surface area (TPSA) is 81.8 Å². The Morgan fingerprint density at radius 2 is 1.59 bits per heavy atom. The number of anilines is 1. The lowest BCUT2D eigenvalue weighted by Crippen LogP contribution is -2.40. The fourth-order valence-electron chi connectivity index (χ4n) is 3.50. The number of nitrogens with one attached hydrogen (secondary N) is 2. The molecule has 27 heavy (non-hydrogen) atoms. The standard InChI is InChI=1S/C20H28N4O3/c1-15-8-12-24(13-9-15)19(26)16-4-6-17(7-5-16)22-20(27)21-14-18(25)23-10-2-3-11-23/h4-7,15H,2-3,8-14H2,1H3,(H2,21,22,27). The molecule has 3 rings (SSSR count). The fourth-order valence-corrected chi connectivity index (χ4v) is 3.50. The number of carbonyl (C=O) groups excluding carboxylic acids is 3. The lowest BCUT2D eigenvalue weighted by atomic mass is 9.98. The lowest BCUT2D eigenvalue weighted by molar-refractivity contribution is -0.128. The molecule has 2 aliphatic rings. The number of hydrogen-bond acceptors (Lipinski definition) is 3. The fraction of sp³-hybridized carbons (Fsp3) is 0.550. The molecule has 0 unspecified atom stereocenters. The highest BCUT2D eigenvalue weighted by atomic mass is 16.2. The minimum atomic E-state index is -0.424.